The van der Waals surface area contributed by atoms with Crippen molar-refractivity contribution in [2.45, 2.75) is 39.0 Å². The van der Waals surface area contributed by atoms with Crippen molar-refractivity contribution in [1.82, 2.24) is 9.88 Å². The van der Waals surface area contributed by atoms with E-state index >= 15 is 0 Å². The van der Waals surface area contributed by atoms with Crippen LogP contribution in [0, 0.1) is 0 Å². The van der Waals surface area contributed by atoms with Crippen molar-refractivity contribution >= 4 is 30.3 Å². The number of unbranched alkanes of at least 4 members (excludes halogenated alkanes) is 3. The fourth-order valence-electron chi connectivity index (χ4n) is 2.59. The first-order chi connectivity index (χ1) is 12.1. The molecule has 0 unspecified atom stereocenters. The van der Waals surface area contributed by atoms with E-state index < -0.39 is 0 Å². The van der Waals surface area contributed by atoms with E-state index in [2.05, 4.69) is 35.2 Å². The van der Waals surface area contributed by atoms with Gasteiger partial charge in [-0.15, -0.1) is 0 Å². The van der Waals surface area contributed by atoms with Crippen molar-refractivity contribution in [1.29, 1.82) is 0 Å². The fraction of sp³-hybridized carbons (Fsp3) is 0.611. The van der Waals surface area contributed by atoms with Crippen molar-refractivity contribution in [3.05, 3.63) is 24.4 Å². The molecule has 2 rings (SSSR count). The quantitative estimate of drug-likeness (QED) is 0.572. The van der Waals surface area contributed by atoms with E-state index in [-0.39, 0.29) is 11.7 Å². The summed E-state index contributed by atoms with van der Waals surface area (Å²) < 4.78 is 0. The van der Waals surface area contributed by atoms with Crippen molar-refractivity contribution in [2.24, 2.45) is 5.73 Å². The van der Waals surface area contributed by atoms with Crippen LogP contribution in [-0.2, 0) is 9.59 Å². The minimum absolute atomic E-state index is 0.139. The van der Waals surface area contributed by atoms with Gasteiger partial charge in [0.05, 0.1) is 5.75 Å². The van der Waals surface area contributed by atoms with Crippen LogP contribution in [0.3, 0.4) is 0 Å². The van der Waals surface area contributed by atoms with Crippen LogP contribution in [-0.4, -0.2) is 53.6 Å². The number of hydrogen-bond donors (Lipinski definition) is 2. The highest BCUT2D eigenvalue weighted by atomic mass is 32.1. The van der Waals surface area contributed by atoms with Gasteiger partial charge < -0.3 is 15.5 Å². The lowest BCUT2D eigenvalue weighted by Gasteiger charge is -2.35. The number of piperazine rings is 1. The summed E-state index contributed by atoms with van der Waals surface area (Å²) in [5.41, 5.74) is 4.58. The number of aromatic nitrogens is 1. The van der Waals surface area contributed by atoms with Gasteiger partial charge in [-0.25, -0.2) is 4.98 Å². The zero-order chi connectivity index (χ0) is 18.5. The number of carbonyl (C=O) groups is 2. The van der Waals surface area contributed by atoms with E-state index in [1.165, 1.54) is 19.3 Å². The second-order valence-corrected chi connectivity index (χ2v) is 6.31. The number of nitrogens with zero attached hydrogens (tertiary/aromatic N) is 3. The van der Waals surface area contributed by atoms with Crippen molar-refractivity contribution in [3.8, 4) is 0 Å². The number of nitrogens with two attached hydrogens (primary N) is 1. The Balaban J connectivity index is 0.000000550. The highest BCUT2D eigenvalue weighted by Crippen LogP contribution is 2.13. The Morgan fingerprint density at radius 1 is 1.16 bits per heavy atom. The molecule has 25 heavy (non-hydrogen) atoms. The van der Waals surface area contributed by atoms with Gasteiger partial charge in [0, 0.05) is 38.8 Å². The first-order valence-electron chi connectivity index (χ1n) is 8.91. The van der Waals surface area contributed by atoms with Gasteiger partial charge in [-0.3, -0.25) is 9.59 Å². The third kappa shape index (κ3) is 8.77. The molecule has 2 amide bonds. The predicted octanol–water partition coefficient (Wildman–Crippen LogP) is 2.10. The first kappa shape index (κ1) is 21.3. The number of primary amides is 1. The smallest absolute Gasteiger partial charge is 0.227 e. The summed E-state index contributed by atoms with van der Waals surface area (Å²) in [6.07, 6.45) is 7.20. The summed E-state index contributed by atoms with van der Waals surface area (Å²) in [6.45, 7) is 5.61. The zero-order valence-electron chi connectivity index (χ0n) is 15.1. The molecule has 0 aromatic carbocycles. The molecule has 1 saturated heterocycles. The Kier molecular flexibility index (Phi) is 10.7. The van der Waals surface area contributed by atoms with Crippen LogP contribution in [0.15, 0.2) is 24.4 Å². The molecule has 0 bridgehead atoms. The summed E-state index contributed by atoms with van der Waals surface area (Å²) in [4.78, 5) is 30.2. The van der Waals surface area contributed by atoms with E-state index in [0.717, 1.165) is 38.4 Å². The second kappa shape index (κ2) is 12.6. The van der Waals surface area contributed by atoms with Gasteiger partial charge in [0.2, 0.25) is 11.8 Å². The van der Waals surface area contributed by atoms with Crippen LogP contribution in [0.4, 0.5) is 5.82 Å². The molecule has 1 fully saturated rings. The highest BCUT2D eigenvalue weighted by molar-refractivity contribution is 7.81. The maximum atomic E-state index is 12.1. The maximum absolute atomic E-state index is 12.1. The van der Waals surface area contributed by atoms with Crippen LogP contribution in [0.5, 0.6) is 0 Å². The van der Waals surface area contributed by atoms with Crippen molar-refractivity contribution < 1.29 is 9.59 Å². The molecule has 1 aliphatic rings. The van der Waals surface area contributed by atoms with E-state index in [1.54, 1.807) is 0 Å². The van der Waals surface area contributed by atoms with Crippen molar-refractivity contribution in [3.63, 3.8) is 0 Å². The largest absolute Gasteiger partial charge is 0.369 e. The highest BCUT2D eigenvalue weighted by Gasteiger charge is 2.21. The molecule has 2 N–H and O–H groups in total. The van der Waals surface area contributed by atoms with Crippen LogP contribution in [0.2, 0.25) is 0 Å². The van der Waals surface area contributed by atoms with Crippen molar-refractivity contribution in [2.75, 3.05) is 36.8 Å². The average molecular weight is 367 g/mol. The Morgan fingerprint density at radius 2 is 1.84 bits per heavy atom. The lowest BCUT2D eigenvalue weighted by molar-refractivity contribution is -0.131. The number of hydrogen-bond acceptors (Lipinski definition) is 5. The normalized spacial score (nSPS) is 13.8. The SMILES string of the molecule is CCCCCCC(=O)N1CCN(c2ccccn2)CC1.NC(=O)CS. The Labute approximate surface area is 156 Å². The van der Waals surface area contributed by atoms with E-state index in [9.17, 15) is 9.59 Å². The zero-order valence-corrected chi connectivity index (χ0v) is 16.0. The number of carbonyl (C=O) groups excluding carboxylic acids is 2. The minimum Gasteiger partial charge on any atom is -0.369 e. The van der Waals surface area contributed by atoms with Gasteiger partial charge >= 0.3 is 0 Å². The summed E-state index contributed by atoms with van der Waals surface area (Å²) in [5, 5.41) is 0. The molecule has 6 nitrogen and oxygen atoms in total. The average Bonchev–Trinajstić information content (AvgIpc) is 2.66. The van der Waals surface area contributed by atoms with E-state index in [0.29, 0.717) is 12.3 Å². The Bertz CT molecular complexity index is 505. The molecular weight excluding hydrogens is 336 g/mol. The van der Waals surface area contributed by atoms with Crippen LogP contribution >= 0.6 is 12.6 Å². The van der Waals surface area contributed by atoms with Gasteiger partial charge in [0.15, 0.2) is 0 Å². The van der Waals surface area contributed by atoms with E-state index in [4.69, 9.17) is 0 Å². The minimum atomic E-state index is -0.381. The Morgan fingerprint density at radius 3 is 2.36 bits per heavy atom. The predicted molar refractivity (Wildman–Crippen MR) is 105 cm³/mol. The molecule has 2 heterocycles. The molecule has 1 aromatic rings. The molecule has 0 saturated carbocycles. The molecule has 0 radical (unpaired) electrons. The van der Waals surface area contributed by atoms with Gasteiger partial charge in [0.25, 0.3) is 0 Å². The van der Waals surface area contributed by atoms with Crippen LogP contribution < -0.4 is 10.6 Å². The third-order valence-corrected chi connectivity index (χ3v) is 4.32. The second-order valence-electron chi connectivity index (χ2n) is 5.99. The van der Waals surface area contributed by atoms with Gasteiger partial charge in [-0.05, 0) is 18.6 Å². The fourth-order valence-corrected chi connectivity index (χ4v) is 2.59. The summed E-state index contributed by atoms with van der Waals surface area (Å²) in [6, 6.07) is 5.97. The molecule has 0 spiro atoms. The number of thiol groups is 1. The third-order valence-electron chi connectivity index (χ3n) is 4.01. The molecule has 0 atom stereocenters. The van der Waals surface area contributed by atoms with Gasteiger partial charge in [0.1, 0.15) is 5.82 Å². The summed E-state index contributed by atoms with van der Waals surface area (Å²) >= 11 is 3.54. The topological polar surface area (TPSA) is 79.5 Å². The molecular formula is C18H30N4O2S. The number of rotatable bonds is 7. The number of anilines is 1. The van der Waals surface area contributed by atoms with Gasteiger partial charge in [-0.1, -0.05) is 32.3 Å². The molecule has 0 aliphatic carbocycles. The first-order valence-corrected chi connectivity index (χ1v) is 9.54. The molecule has 7 heteroatoms. The molecule has 1 aromatic heterocycles. The Hall–Kier alpha value is -1.76. The molecule has 1 aliphatic heterocycles. The van der Waals surface area contributed by atoms with E-state index in [1.807, 2.05) is 29.3 Å². The number of amides is 2. The lowest BCUT2D eigenvalue weighted by atomic mass is 10.1. The van der Waals surface area contributed by atoms with Gasteiger partial charge in [-0.2, -0.15) is 12.6 Å². The van der Waals surface area contributed by atoms with Crippen LogP contribution in [0.25, 0.3) is 0 Å². The maximum Gasteiger partial charge on any atom is 0.227 e. The summed E-state index contributed by atoms with van der Waals surface area (Å²) in [7, 11) is 0. The standard InChI is InChI=1S/C16H25N3O.C2H5NOS/c1-2-3-4-5-9-16(20)19-13-11-18(12-14-19)15-8-6-7-10-17-15;3-2(4)1-5/h6-8,10H,2-5,9,11-14H2,1H3;5H,1H2,(H2,3,4). The number of pyridine rings is 1. The summed E-state index contributed by atoms with van der Waals surface area (Å²) in [5.74, 6) is 1.10. The monoisotopic (exact) mass is 366 g/mol. The van der Waals surface area contributed by atoms with Crippen LogP contribution in [0.1, 0.15) is 39.0 Å². The molecule has 140 valence electrons. The lowest BCUT2D eigenvalue weighted by Crippen LogP contribution is -2.49.